The molecule has 3 nitrogen and oxygen atoms in total. The zero-order valence-corrected chi connectivity index (χ0v) is 12.4. The lowest BCUT2D eigenvalue weighted by molar-refractivity contribution is 0.166. The molecule has 1 aliphatic rings. The molecule has 1 aliphatic heterocycles. The molecule has 1 fully saturated rings. The van der Waals surface area contributed by atoms with E-state index in [9.17, 15) is 0 Å². The summed E-state index contributed by atoms with van der Waals surface area (Å²) in [5, 5.41) is 3.69. The monoisotopic (exact) mass is 241 g/mol. The molecule has 0 saturated carbocycles. The van der Waals surface area contributed by atoms with E-state index in [0.29, 0.717) is 12.1 Å². The lowest BCUT2D eigenvalue weighted by Crippen LogP contribution is -2.52. The molecular formula is C14H31N3. The Kier molecular flexibility index (Phi) is 6.45. The summed E-state index contributed by atoms with van der Waals surface area (Å²) >= 11 is 0. The average molecular weight is 241 g/mol. The molecule has 0 bridgehead atoms. The number of hydrogen-bond donors (Lipinski definition) is 1. The average Bonchev–Trinajstić information content (AvgIpc) is 2.39. The molecule has 0 spiro atoms. The fourth-order valence-electron chi connectivity index (χ4n) is 2.89. The summed E-state index contributed by atoms with van der Waals surface area (Å²) in [5.41, 5.74) is 0. The van der Waals surface area contributed by atoms with E-state index in [4.69, 9.17) is 0 Å². The van der Waals surface area contributed by atoms with E-state index in [1.807, 2.05) is 0 Å². The van der Waals surface area contributed by atoms with Gasteiger partial charge in [0.1, 0.15) is 0 Å². The third-order valence-electron chi connectivity index (χ3n) is 3.77. The summed E-state index contributed by atoms with van der Waals surface area (Å²) in [6, 6.07) is 1.29. The molecule has 1 N–H and O–H groups in total. The minimum atomic E-state index is 0.630. The smallest absolute Gasteiger partial charge is 0.0373 e. The molecule has 0 aromatic heterocycles. The van der Waals surface area contributed by atoms with E-state index in [1.165, 1.54) is 32.5 Å². The van der Waals surface area contributed by atoms with Gasteiger partial charge in [0.15, 0.2) is 0 Å². The minimum absolute atomic E-state index is 0.630. The molecule has 1 rings (SSSR count). The highest BCUT2D eigenvalue weighted by atomic mass is 15.2. The van der Waals surface area contributed by atoms with Crippen molar-refractivity contribution in [1.82, 2.24) is 15.1 Å². The van der Waals surface area contributed by atoms with Crippen LogP contribution in [0.3, 0.4) is 0 Å². The maximum absolute atomic E-state index is 3.69. The maximum Gasteiger partial charge on any atom is 0.0373 e. The Hall–Kier alpha value is -0.120. The van der Waals surface area contributed by atoms with Gasteiger partial charge in [0.2, 0.25) is 0 Å². The van der Waals surface area contributed by atoms with E-state index in [1.54, 1.807) is 0 Å². The second-order valence-electron chi connectivity index (χ2n) is 5.96. The third-order valence-corrected chi connectivity index (χ3v) is 3.77. The summed E-state index contributed by atoms with van der Waals surface area (Å²) in [6.45, 7) is 11.6. The van der Waals surface area contributed by atoms with Gasteiger partial charge >= 0.3 is 0 Å². The van der Waals surface area contributed by atoms with Crippen molar-refractivity contribution in [2.45, 2.75) is 45.7 Å². The Balaban J connectivity index is 2.66. The second-order valence-corrected chi connectivity index (χ2v) is 5.96. The largest absolute Gasteiger partial charge is 0.313 e. The molecule has 1 heterocycles. The standard InChI is InChI=1S/C14H31N3/c1-6-15-13(10-12(2)3)14-11-16(4)8-7-9-17(14)5/h12-15H,6-11H2,1-5H3. The molecule has 102 valence electrons. The molecule has 17 heavy (non-hydrogen) atoms. The van der Waals surface area contributed by atoms with Crippen molar-refractivity contribution < 1.29 is 0 Å². The molecule has 3 heteroatoms. The zero-order chi connectivity index (χ0) is 12.8. The van der Waals surface area contributed by atoms with Crippen LogP contribution in [-0.4, -0.2) is 62.2 Å². The van der Waals surface area contributed by atoms with E-state index in [-0.39, 0.29) is 0 Å². The lowest BCUT2D eigenvalue weighted by Gasteiger charge is -2.36. The summed E-state index contributed by atoms with van der Waals surface area (Å²) < 4.78 is 0. The molecule has 0 aliphatic carbocycles. The third kappa shape index (κ3) is 4.94. The molecule has 0 aromatic rings. The normalized spacial score (nSPS) is 26.1. The van der Waals surface area contributed by atoms with E-state index in [0.717, 1.165) is 12.5 Å². The fourth-order valence-corrected chi connectivity index (χ4v) is 2.89. The van der Waals surface area contributed by atoms with Crippen LogP contribution < -0.4 is 5.32 Å². The van der Waals surface area contributed by atoms with Gasteiger partial charge in [-0.15, -0.1) is 0 Å². The van der Waals surface area contributed by atoms with Crippen molar-refractivity contribution in [3.8, 4) is 0 Å². The first-order chi connectivity index (χ1) is 8.04. The molecule has 0 aromatic carbocycles. The van der Waals surface area contributed by atoms with Crippen molar-refractivity contribution in [3.05, 3.63) is 0 Å². The first-order valence-corrected chi connectivity index (χ1v) is 7.16. The summed E-state index contributed by atoms with van der Waals surface area (Å²) in [5.74, 6) is 0.765. The van der Waals surface area contributed by atoms with Crippen LogP contribution in [0, 0.1) is 5.92 Å². The number of hydrogen-bond acceptors (Lipinski definition) is 3. The number of rotatable bonds is 5. The molecule has 0 radical (unpaired) electrons. The van der Waals surface area contributed by atoms with Gasteiger partial charge in [-0.1, -0.05) is 20.8 Å². The summed E-state index contributed by atoms with van der Waals surface area (Å²) in [4.78, 5) is 5.04. The highest BCUT2D eigenvalue weighted by molar-refractivity contribution is 4.87. The molecule has 2 unspecified atom stereocenters. The van der Waals surface area contributed by atoms with Crippen molar-refractivity contribution in [2.75, 3.05) is 40.3 Å². The highest BCUT2D eigenvalue weighted by Crippen LogP contribution is 2.16. The number of nitrogens with one attached hydrogen (secondary N) is 1. The van der Waals surface area contributed by atoms with Gasteiger partial charge in [-0.2, -0.15) is 0 Å². The quantitative estimate of drug-likeness (QED) is 0.789. The van der Waals surface area contributed by atoms with E-state index in [2.05, 4.69) is 50.0 Å². The van der Waals surface area contributed by atoms with Crippen LogP contribution in [0.5, 0.6) is 0 Å². The molecule has 0 amide bonds. The lowest BCUT2D eigenvalue weighted by atomic mass is 9.96. The van der Waals surface area contributed by atoms with Crippen LogP contribution in [0.4, 0.5) is 0 Å². The van der Waals surface area contributed by atoms with E-state index >= 15 is 0 Å². The highest BCUT2D eigenvalue weighted by Gasteiger charge is 2.28. The number of nitrogens with zero attached hydrogens (tertiary/aromatic N) is 2. The van der Waals surface area contributed by atoms with Crippen molar-refractivity contribution in [1.29, 1.82) is 0 Å². The zero-order valence-electron chi connectivity index (χ0n) is 12.4. The van der Waals surface area contributed by atoms with Crippen molar-refractivity contribution in [3.63, 3.8) is 0 Å². The first kappa shape index (κ1) is 14.9. The topological polar surface area (TPSA) is 18.5 Å². The molecule has 2 atom stereocenters. The van der Waals surface area contributed by atoms with Gasteiger partial charge < -0.3 is 15.1 Å². The van der Waals surface area contributed by atoms with Crippen LogP contribution >= 0.6 is 0 Å². The number of likely N-dealkylation sites (N-methyl/N-ethyl adjacent to an activating group) is 3. The molecule has 1 saturated heterocycles. The van der Waals surface area contributed by atoms with E-state index < -0.39 is 0 Å². The minimum Gasteiger partial charge on any atom is -0.313 e. The first-order valence-electron chi connectivity index (χ1n) is 7.16. The van der Waals surface area contributed by atoms with Gasteiger partial charge in [0, 0.05) is 18.6 Å². The predicted octanol–water partition coefficient (Wildman–Crippen LogP) is 1.65. The van der Waals surface area contributed by atoms with Gasteiger partial charge in [-0.25, -0.2) is 0 Å². The predicted molar refractivity (Wildman–Crippen MR) is 75.5 cm³/mol. The maximum atomic E-state index is 3.69. The van der Waals surface area contributed by atoms with Gasteiger partial charge in [0.05, 0.1) is 0 Å². The summed E-state index contributed by atoms with van der Waals surface area (Å²) in [6.07, 6.45) is 2.57. The Morgan fingerprint density at radius 2 is 1.94 bits per heavy atom. The van der Waals surface area contributed by atoms with Crippen LogP contribution in [-0.2, 0) is 0 Å². The van der Waals surface area contributed by atoms with Crippen LogP contribution in [0.2, 0.25) is 0 Å². The fraction of sp³-hybridized carbons (Fsp3) is 1.00. The Bertz CT molecular complexity index is 206. The van der Waals surface area contributed by atoms with Crippen molar-refractivity contribution >= 4 is 0 Å². The SMILES string of the molecule is CCNC(CC(C)C)C1CN(C)CCCN1C. The van der Waals surface area contributed by atoms with Crippen LogP contribution in [0.1, 0.15) is 33.6 Å². The van der Waals surface area contributed by atoms with Crippen LogP contribution in [0.15, 0.2) is 0 Å². The van der Waals surface area contributed by atoms with Crippen molar-refractivity contribution in [2.24, 2.45) is 5.92 Å². The molecular weight excluding hydrogens is 210 g/mol. The second kappa shape index (κ2) is 7.34. The van der Waals surface area contributed by atoms with Gasteiger partial charge in [0.25, 0.3) is 0 Å². The Morgan fingerprint density at radius 3 is 2.53 bits per heavy atom. The Morgan fingerprint density at radius 1 is 1.24 bits per heavy atom. The van der Waals surface area contributed by atoms with Crippen LogP contribution in [0.25, 0.3) is 0 Å². The Labute approximate surface area is 108 Å². The van der Waals surface area contributed by atoms with Gasteiger partial charge in [-0.3, -0.25) is 0 Å². The summed E-state index contributed by atoms with van der Waals surface area (Å²) in [7, 11) is 4.54. The van der Waals surface area contributed by atoms with Gasteiger partial charge in [-0.05, 0) is 52.5 Å².